The Kier molecular flexibility index (Phi) is 5.39. The summed E-state index contributed by atoms with van der Waals surface area (Å²) in [5.74, 6) is 0. The number of nitrogens with zero attached hydrogens (tertiary/aromatic N) is 5. The molecule has 2 N–H and O–H groups in total. The number of allylic oxidation sites excluding steroid dienone is 2. The SMILES string of the molecule is N#CC(C#N)=C(C#N)Nc1ccc(Nc2nc(-c3ccccn3)cs2)cc1. The van der Waals surface area contributed by atoms with E-state index in [2.05, 4.69) is 20.6 Å². The molecular weight excluding hydrogens is 358 g/mol. The molecule has 0 amide bonds. The molecular formula is C19H11N7S. The van der Waals surface area contributed by atoms with E-state index >= 15 is 0 Å². The number of anilines is 3. The van der Waals surface area contributed by atoms with Crippen molar-refractivity contribution in [3.8, 4) is 29.6 Å². The number of rotatable bonds is 5. The number of pyridine rings is 1. The highest BCUT2D eigenvalue weighted by atomic mass is 32.1. The summed E-state index contributed by atoms with van der Waals surface area (Å²) in [5, 5.41) is 35.4. The molecule has 0 fully saturated rings. The minimum atomic E-state index is -0.260. The minimum Gasteiger partial charge on any atom is -0.345 e. The molecule has 8 heteroatoms. The van der Waals surface area contributed by atoms with E-state index in [4.69, 9.17) is 15.8 Å². The van der Waals surface area contributed by atoms with E-state index in [1.807, 2.05) is 29.6 Å². The van der Waals surface area contributed by atoms with Crippen LogP contribution in [0.1, 0.15) is 0 Å². The van der Waals surface area contributed by atoms with Crippen molar-refractivity contribution >= 4 is 27.8 Å². The second kappa shape index (κ2) is 8.26. The lowest BCUT2D eigenvalue weighted by Gasteiger charge is -2.07. The molecule has 2 aromatic heterocycles. The maximum Gasteiger partial charge on any atom is 0.187 e. The minimum absolute atomic E-state index is 0.0827. The number of nitrogens with one attached hydrogen (secondary N) is 2. The van der Waals surface area contributed by atoms with Crippen LogP contribution in [-0.4, -0.2) is 9.97 Å². The molecule has 0 atom stereocenters. The molecule has 3 rings (SSSR count). The van der Waals surface area contributed by atoms with Gasteiger partial charge < -0.3 is 10.6 Å². The highest BCUT2D eigenvalue weighted by Gasteiger charge is 2.07. The van der Waals surface area contributed by atoms with Gasteiger partial charge >= 0.3 is 0 Å². The molecule has 27 heavy (non-hydrogen) atoms. The molecule has 0 saturated heterocycles. The first-order valence-corrected chi connectivity index (χ1v) is 8.57. The Labute approximate surface area is 159 Å². The molecule has 0 unspecified atom stereocenters. The van der Waals surface area contributed by atoms with Crippen molar-refractivity contribution in [2.24, 2.45) is 0 Å². The van der Waals surface area contributed by atoms with Gasteiger partial charge in [-0.15, -0.1) is 11.3 Å². The van der Waals surface area contributed by atoms with Crippen molar-refractivity contribution in [3.63, 3.8) is 0 Å². The number of thiazole rings is 1. The number of aromatic nitrogens is 2. The van der Waals surface area contributed by atoms with E-state index in [9.17, 15) is 0 Å². The second-order valence-electron chi connectivity index (χ2n) is 5.17. The standard InChI is InChI=1S/C19H11N7S/c20-9-13(10-21)17(11-22)24-14-4-6-15(7-5-14)25-19-26-18(12-27-19)16-3-1-2-8-23-16/h1-8,12,24H,(H,25,26). The predicted molar refractivity (Wildman–Crippen MR) is 103 cm³/mol. The number of hydrogen-bond donors (Lipinski definition) is 2. The molecule has 7 nitrogen and oxygen atoms in total. The smallest absolute Gasteiger partial charge is 0.187 e. The maximum absolute atomic E-state index is 9.07. The Balaban J connectivity index is 1.71. The third-order valence-electron chi connectivity index (χ3n) is 3.42. The van der Waals surface area contributed by atoms with Gasteiger partial charge in [0, 0.05) is 23.0 Å². The van der Waals surface area contributed by atoms with Crippen molar-refractivity contribution in [1.29, 1.82) is 15.8 Å². The van der Waals surface area contributed by atoms with E-state index in [0.717, 1.165) is 22.2 Å². The van der Waals surface area contributed by atoms with Crippen LogP contribution < -0.4 is 10.6 Å². The first-order chi connectivity index (χ1) is 13.2. The summed E-state index contributed by atoms with van der Waals surface area (Å²) in [7, 11) is 0. The molecule has 128 valence electrons. The van der Waals surface area contributed by atoms with Gasteiger partial charge in [0.15, 0.2) is 10.7 Å². The summed E-state index contributed by atoms with van der Waals surface area (Å²) in [4.78, 5) is 8.79. The normalized spacial score (nSPS) is 9.37. The molecule has 1 aromatic carbocycles. The third kappa shape index (κ3) is 4.26. The van der Waals surface area contributed by atoms with Gasteiger partial charge in [-0.25, -0.2) is 4.98 Å². The molecule has 2 heterocycles. The average Bonchev–Trinajstić information content (AvgIpc) is 3.18. The van der Waals surface area contributed by atoms with Crippen molar-refractivity contribution in [2.45, 2.75) is 0 Å². The van der Waals surface area contributed by atoms with Crippen molar-refractivity contribution in [3.05, 3.63) is 65.3 Å². The second-order valence-corrected chi connectivity index (χ2v) is 6.02. The number of nitriles is 3. The lowest BCUT2D eigenvalue weighted by molar-refractivity contribution is 1.28. The topological polar surface area (TPSA) is 121 Å². The Morgan fingerprint density at radius 2 is 1.63 bits per heavy atom. The van der Waals surface area contributed by atoms with E-state index in [1.165, 1.54) is 11.3 Å². The molecule has 3 aromatic rings. The zero-order valence-corrected chi connectivity index (χ0v) is 14.7. The fraction of sp³-hybridized carbons (Fsp3) is 0. The first-order valence-electron chi connectivity index (χ1n) is 7.69. The molecule has 0 aliphatic heterocycles. The number of hydrogen-bond acceptors (Lipinski definition) is 8. The van der Waals surface area contributed by atoms with Crippen LogP contribution in [0.25, 0.3) is 11.4 Å². The summed E-state index contributed by atoms with van der Waals surface area (Å²) in [5.41, 5.74) is 2.66. The van der Waals surface area contributed by atoms with E-state index in [0.29, 0.717) is 5.69 Å². The van der Waals surface area contributed by atoms with Crippen LogP contribution in [0.3, 0.4) is 0 Å². The van der Waals surface area contributed by atoms with Crippen LogP contribution in [0.2, 0.25) is 0 Å². The van der Waals surface area contributed by atoms with Crippen LogP contribution in [0, 0.1) is 34.0 Å². The summed E-state index contributed by atoms with van der Waals surface area (Å²) >= 11 is 1.47. The molecule has 0 saturated carbocycles. The van der Waals surface area contributed by atoms with E-state index < -0.39 is 0 Å². The van der Waals surface area contributed by atoms with Gasteiger partial charge in [-0.3, -0.25) is 4.98 Å². The van der Waals surface area contributed by atoms with Gasteiger partial charge in [0.2, 0.25) is 0 Å². The van der Waals surface area contributed by atoms with E-state index in [1.54, 1.807) is 42.6 Å². The third-order valence-corrected chi connectivity index (χ3v) is 4.18. The van der Waals surface area contributed by atoms with Crippen LogP contribution >= 0.6 is 11.3 Å². The Morgan fingerprint density at radius 1 is 0.889 bits per heavy atom. The van der Waals surface area contributed by atoms with Gasteiger partial charge in [-0.1, -0.05) is 6.07 Å². The Bertz CT molecular complexity index is 1080. The van der Waals surface area contributed by atoms with Gasteiger partial charge in [0.25, 0.3) is 0 Å². The Morgan fingerprint density at radius 3 is 2.26 bits per heavy atom. The monoisotopic (exact) mass is 369 g/mol. The summed E-state index contributed by atoms with van der Waals surface area (Å²) in [6.07, 6.45) is 1.72. The summed E-state index contributed by atoms with van der Waals surface area (Å²) in [6.45, 7) is 0. The lowest BCUT2D eigenvalue weighted by Crippen LogP contribution is -2.00. The van der Waals surface area contributed by atoms with Gasteiger partial charge in [-0.05, 0) is 36.4 Å². The highest BCUT2D eigenvalue weighted by Crippen LogP contribution is 2.26. The highest BCUT2D eigenvalue weighted by molar-refractivity contribution is 7.14. The maximum atomic E-state index is 9.07. The molecule has 0 aliphatic carbocycles. The zero-order valence-electron chi connectivity index (χ0n) is 13.8. The fourth-order valence-corrected chi connectivity index (χ4v) is 2.88. The quantitative estimate of drug-likeness (QED) is 0.647. The summed E-state index contributed by atoms with van der Waals surface area (Å²) in [6, 6.07) is 17.9. The molecule has 0 radical (unpaired) electrons. The predicted octanol–water partition coefficient (Wildman–Crippen LogP) is 4.19. The Hall–Kier alpha value is -4.19. The number of benzene rings is 1. The largest absolute Gasteiger partial charge is 0.345 e. The van der Waals surface area contributed by atoms with Crippen LogP contribution in [0.4, 0.5) is 16.5 Å². The molecule has 0 aliphatic rings. The summed E-state index contributed by atoms with van der Waals surface area (Å²) < 4.78 is 0. The van der Waals surface area contributed by atoms with Crippen LogP contribution in [0.5, 0.6) is 0 Å². The molecule has 0 bridgehead atoms. The van der Waals surface area contributed by atoms with Gasteiger partial charge in [0.05, 0.1) is 5.69 Å². The first kappa shape index (κ1) is 17.6. The molecule has 0 spiro atoms. The van der Waals surface area contributed by atoms with Gasteiger partial charge in [0.1, 0.15) is 29.6 Å². The van der Waals surface area contributed by atoms with Crippen molar-refractivity contribution < 1.29 is 0 Å². The fourth-order valence-electron chi connectivity index (χ4n) is 2.15. The van der Waals surface area contributed by atoms with Crippen molar-refractivity contribution in [2.75, 3.05) is 10.6 Å². The lowest BCUT2D eigenvalue weighted by atomic mass is 10.2. The zero-order chi connectivity index (χ0) is 19.1. The van der Waals surface area contributed by atoms with Crippen LogP contribution in [0.15, 0.2) is 65.3 Å². The van der Waals surface area contributed by atoms with E-state index in [-0.39, 0.29) is 11.3 Å². The van der Waals surface area contributed by atoms with Gasteiger partial charge in [-0.2, -0.15) is 15.8 Å². The van der Waals surface area contributed by atoms with Crippen molar-refractivity contribution in [1.82, 2.24) is 9.97 Å². The van der Waals surface area contributed by atoms with Crippen LogP contribution in [-0.2, 0) is 0 Å². The average molecular weight is 369 g/mol.